The van der Waals surface area contributed by atoms with Crippen molar-refractivity contribution in [3.05, 3.63) is 59.7 Å². The van der Waals surface area contributed by atoms with Gasteiger partial charge in [-0.1, -0.05) is 30.3 Å². The topological polar surface area (TPSA) is 87.7 Å². The summed E-state index contributed by atoms with van der Waals surface area (Å²) in [5.41, 5.74) is 2.12. The summed E-state index contributed by atoms with van der Waals surface area (Å²) in [7, 11) is 1.52. The van der Waals surface area contributed by atoms with Crippen LogP contribution < -0.4 is 15.4 Å². The van der Waals surface area contributed by atoms with Crippen LogP contribution in [0.1, 0.15) is 28.2 Å². The van der Waals surface area contributed by atoms with Crippen LogP contribution in [0.3, 0.4) is 0 Å². The van der Waals surface area contributed by atoms with E-state index in [1.54, 1.807) is 53.9 Å². The number of methoxy groups -OCH3 is 1. The van der Waals surface area contributed by atoms with E-state index in [9.17, 15) is 14.4 Å². The fraction of sp³-hybridized carbons (Fsp3) is 0.286. The summed E-state index contributed by atoms with van der Waals surface area (Å²) in [4.78, 5) is 39.8. The van der Waals surface area contributed by atoms with Crippen molar-refractivity contribution in [2.75, 3.05) is 18.2 Å². The molecule has 2 heterocycles. The smallest absolute Gasteiger partial charge is 0.256 e. The second kappa shape index (κ2) is 7.79. The molecular weight excluding hydrogens is 390 g/mol. The number of anilines is 1. The zero-order valence-corrected chi connectivity index (χ0v) is 16.9. The van der Waals surface area contributed by atoms with Gasteiger partial charge in [0.2, 0.25) is 11.8 Å². The average Bonchev–Trinajstić information content (AvgIpc) is 3.29. The molecule has 4 rings (SSSR count). The maximum Gasteiger partial charge on any atom is 0.256 e. The summed E-state index contributed by atoms with van der Waals surface area (Å²) < 4.78 is 5.23. The molecule has 8 heteroatoms. The molecule has 3 atom stereocenters. The third kappa shape index (κ3) is 3.44. The molecular formula is C21H21N3O4S. The quantitative estimate of drug-likeness (QED) is 0.789. The lowest BCUT2D eigenvalue weighted by Gasteiger charge is -2.24. The molecule has 1 saturated heterocycles. The van der Waals surface area contributed by atoms with E-state index >= 15 is 0 Å². The van der Waals surface area contributed by atoms with Crippen molar-refractivity contribution in [1.29, 1.82) is 0 Å². The minimum atomic E-state index is -0.767. The van der Waals surface area contributed by atoms with Crippen molar-refractivity contribution in [2.45, 2.75) is 24.4 Å². The van der Waals surface area contributed by atoms with E-state index < -0.39 is 12.1 Å². The van der Waals surface area contributed by atoms with Crippen LogP contribution in [0.5, 0.6) is 5.75 Å². The van der Waals surface area contributed by atoms with Gasteiger partial charge in [-0.25, -0.2) is 0 Å². The van der Waals surface area contributed by atoms with Crippen LogP contribution in [0.15, 0.2) is 48.5 Å². The molecule has 3 unspecified atom stereocenters. The predicted molar refractivity (Wildman–Crippen MR) is 111 cm³/mol. The van der Waals surface area contributed by atoms with Crippen LogP contribution in [0, 0.1) is 0 Å². The average molecular weight is 411 g/mol. The van der Waals surface area contributed by atoms with Crippen LogP contribution in [0.25, 0.3) is 0 Å². The molecule has 2 aromatic carbocycles. The van der Waals surface area contributed by atoms with Crippen molar-refractivity contribution < 1.29 is 19.1 Å². The number of nitrogens with zero attached hydrogens (tertiary/aromatic N) is 1. The molecule has 0 saturated carbocycles. The Balaban J connectivity index is 1.42. The first-order valence-corrected chi connectivity index (χ1v) is 10.3. The zero-order chi connectivity index (χ0) is 20.5. The zero-order valence-electron chi connectivity index (χ0n) is 16.0. The van der Waals surface area contributed by atoms with Gasteiger partial charge < -0.3 is 20.3 Å². The van der Waals surface area contributed by atoms with Crippen molar-refractivity contribution >= 4 is 35.2 Å². The lowest BCUT2D eigenvalue weighted by molar-refractivity contribution is -0.128. The molecule has 1 fully saturated rings. The Kier molecular flexibility index (Phi) is 5.19. The summed E-state index contributed by atoms with van der Waals surface area (Å²) in [6.45, 7) is 1.61. The summed E-state index contributed by atoms with van der Waals surface area (Å²) in [5.74, 6) is 0.207. The Bertz CT molecular complexity index is 980. The highest BCUT2D eigenvalue weighted by Gasteiger charge is 2.48. The van der Waals surface area contributed by atoms with Crippen LogP contribution in [0.2, 0.25) is 0 Å². The first-order valence-electron chi connectivity index (χ1n) is 9.28. The van der Waals surface area contributed by atoms with E-state index in [1.807, 2.05) is 18.2 Å². The second-order valence-electron chi connectivity index (χ2n) is 6.92. The Labute approximate surface area is 172 Å². The number of hydrogen-bond acceptors (Lipinski definition) is 5. The maximum absolute atomic E-state index is 12.9. The summed E-state index contributed by atoms with van der Waals surface area (Å²) in [6.07, 6.45) is 0. The number of nitrogens with one attached hydrogen (secondary N) is 2. The van der Waals surface area contributed by atoms with Crippen molar-refractivity contribution in [1.82, 2.24) is 10.2 Å². The van der Waals surface area contributed by atoms with Crippen molar-refractivity contribution in [3.8, 4) is 5.75 Å². The third-order valence-electron chi connectivity index (χ3n) is 5.11. The molecule has 2 N–H and O–H groups in total. The number of hydrogen-bond donors (Lipinski definition) is 2. The number of fused-ring (bicyclic) bond motifs is 3. The number of rotatable bonds is 5. The number of amides is 3. The highest BCUT2D eigenvalue weighted by atomic mass is 32.2. The van der Waals surface area contributed by atoms with Gasteiger partial charge in [0.1, 0.15) is 23.2 Å². The van der Waals surface area contributed by atoms with Gasteiger partial charge in [0.25, 0.3) is 5.91 Å². The van der Waals surface area contributed by atoms with Crippen LogP contribution in [0.4, 0.5) is 5.69 Å². The largest absolute Gasteiger partial charge is 0.495 e. The van der Waals surface area contributed by atoms with Gasteiger partial charge >= 0.3 is 0 Å². The predicted octanol–water partition coefficient (Wildman–Crippen LogP) is 2.41. The van der Waals surface area contributed by atoms with Gasteiger partial charge in [-0.15, -0.1) is 11.8 Å². The van der Waals surface area contributed by atoms with E-state index in [2.05, 4.69) is 10.6 Å². The lowest BCUT2D eigenvalue weighted by Crippen LogP contribution is -2.51. The van der Waals surface area contributed by atoms with E-state index in [0.29, 0.717) is 22.8 Å². The Hall–Kier alpha value is -3.00. The molecule has 2 aliphatic heterocycles. The first kappa shape index (κ1) is 19.3. The standard InChI is InChI=1S/C21H21N3O4S/c1-12(18(25)23-15-9-5-6-10-17(15)28-2)22-19(26)16-11-29-21-14-8-4-3-7-13(14)20(27)24(16)21/h3-10,12,16,21H,11H2,1-2H3,(H,22,26)(H,23,25). The summed E-state index contributed by atoms with van der Waals surface area (Å²) >= 11 is 1.57. The highest BCUT2D eigenvalue weighted by molar-refractivity contribution is 7.99. The maximum atomic E-state index is 12.9. The van der Waals surface area contributed by atoms with Gasteiger partial charge in [-0.05, 0) is 30.7 Å². The fourth-order valence-electron chi connectivity index (χ4n) is 3.61. The van der Waals surface area contributed by atoms with E-state index in [4.69, 9.17) is 4.74 Å². The van der Waals surface area contributed by atoms with E-state index in [-0.39, 0.29) is 23.1 Å². The normalized spacial score (nSPS) is 20.6. The molecule has 7 nitrogen and oxygen atoms in total. The third-order valence-corrected chi connectivity index (χ3v) is 6.42. The van der Waals surface area contributed by atoms with Gasteiger partial charge in [-0.3, -0.25) is 14.4 Å². The number of carbonyl (C=O) groups excluding carboxylic acids is 3. The van der Waals surface area contributed by atoms with Crippen LogP contribution in [-0.2, 0) is 9.59 Å². The summed E-state index contributed by atoms with van der Waals surface area (Å²) in [6, 6.07) is 13.1. The Morgan fingerprint density at radius 3 is 2.69 bits per heavy atom. The lowest BCUT2D eigenvalue weighted by atomic mass is 10.1. The van der Waals surface area contributed by atoms with Gasteiger partial charge in [0.05, 0.1) is 12.8 Å². The molecule has 0 radical (unpaired) electrons. The summed E-state index contributed by atoms with van der Waals surface area (Å²) in [5, 5.41) is 5.36. The fourth-order valence-corrected chi connectivity index (χ4v) is 5.07. The molecule has 2 aromatic rings. The number of carbonyl (C=O) groups is 3. The molecule has 0 spiro atoms. The molecule has 2 aliphatic rings. The number of para-hydroxylation sites is 2. The van der Waals surface area contributed by atoms with Gasteiger partial charge in [0.15, 0.2) is 0 Å². The second-order valence-corrected chi connectivity index (χ2v) is 8.03. The highest BCUT2D eigenvalue weighted by Crippen LogP contribution is 2.48. The molecule has 150 valence electrons. The monoisotopic (exact) mass is 411 g/mol. The van der Waals surface area contributed by atoms with Crippen LogP contribution in [-0.4, -0.2) is 47.6 Å². The Morgan fingerprint density at radius 2 is 1.90 bits per heavy atom. The molecule has 0 bridgehead atoms. The van der Waals surface area contributed by atoms with E-state index in [0.717, 1.165) is 5.56 Å². The Morgan fingerprint density at radius 1 is 1.17 bits per heavy atom. The molecule has 0 aromatic heterocycles. The van der Waals surface area contributed by atoms with Crippen LogP contribution >= 0.6 is 11.8 Å². The van der Waals surface area contributed by atoms with Crippen molar-refractivity contribution in [3.63, 3.8) is 0 Å². The minimum absolute atomic E-state index is 0.137. The molecule has 3 amide bonds. The van der Waals surface area contributed by atoms with Crippen molar-refractivity contribution in [2.24, 2.45) is 0 Å². The number of thioether (sulfide) groups is 1. The van der Waals surface area contributed by atoms with Gasteiger partial charge in [0, 0.05) is 11.3 Å². The SMILES string of the molecule is COc1ccccc1NC(=O)C(C)NC(=O)C1CSC2c3ccccc3C(=O)N12. The first-order chi connectivity index (χ1) is 14.0. The number of ether oxygens (including phenoxy) is 1. The van der Waals surface area contributed by atoms with E-state index in [1.165, 1.54) is 7.11 Å². The minimum Gasteiger partial charge on any atom is -0.495 e. The van der Waals surface area contributed by atoms with Gasteiger partial charge in [-0.2, -0.15) is 0 Å². The number of benzene rings is 2. The molecule has 0 aliphatic carbocycles. The molecule has 29 heavy (non-hydrogen) atoms.